The van der Waals surface area contributed by atoms with Gasteiger partial charge in [0.2, 0.25) is 5.95 Å². The van der Waals surface area contributed by atoms with Gasteiger partial charge in [0.1, 0.15) is 11.6 Å². The van der Waals surface area contributed by atoms with Crippen LogP contribution in [0.15, 0.2) is 54.9 Å². The fourth-order valence-electron chi connectivity index (χ4n) is 3.36. The summed E-state index contributed by atoms with van der Waals surface area (Å²) < 4.78 is 14.0. The van der Waals surface area contributed by atoms with Crippen LogP contribution in [0.2, 0.25) is 0 Å². The van der Waals surface area contributed by atoms with Crippen LogP contribution in [-0.2, 0) is 6.54 Å². The second kappa shape index (κ2) is 8.21. The quantitative estimate of drug-likeness (QED) is 0.736. The number of hydrogen-bond donors (Lipinski definition) is 1. The summed E-state index contributed by atoms with van der Waals surface area (Å²) in [5.74, 6) is 1.33. The van der Waals surface area contributed by atoms with Crippen molar-refractivity contribution in [3.05, 3.63) is 71.9 Å². The Morgan fingerprint density at radius 3 is 2.54 bits per heavy atom. The maximum absolute atomic E-state index is 14.0. The maximum atomic E-state index is 14.0. The van der Waals surface area contributed by atoms with Crippen LogP contribution in [0.5, 0.6) is 0 Å². The minimum Gasteiger partial charge on any atom is -0.366 e. The Morgan fingerprint density at radius 2 is 1.79 bits per heavy atom. The molecule has 4 rings (SSSR count). The predicted octanol–water partition coefficient (Wildman–Crippen LogP) is 3.26. The lowest BCUT2D eigenvalue weighted by Crippen LogP contribution is -2.47. The average molecular weight is 378 g/mol. The molecule has 0 amide bonds. The Labute approximate surface area is 164 Å². The Bertz CT molecular complexity index is 925. The molecule has 28 heavy (non-hydrogen) atoms. The summed E-state index contributed by atoms with van der Waals surface area (Å²) in [6.07, 6.45) is 3.58. The highest BCUT2D eigenvalue weighted by Crippen LogP contribution is 2.23. The van der Waals surface area contributed by atoms with E-state index < -0.39 is 0 Å². The van der Waals surface area contributed by atoms with Crippen molar-refractivity contribution in [3.63, 3.8) is 0 Å². The van der Waals surface area contributed by atoms with E-state index in [1.165, 1.54) is 6.07 Å². The zero-order chi connectivity index (χ0) is 19.3. The van der Waals surface area contributed by atoms with Gasteiger partial charge in [-0.3, -0.25) is 4.98 Å². The van der Waals surface area contributed by atoms with Crippen molar-refractivity contribution in [1.82, 2.24) is 15.0 Å². The van der Waals surface area contributed by atoms with Crippen LogP contribution in [0.1, 0.15) is 11.3 Å². The molecule has 3 heterocycles. The molecule has 1 fully saturated rings. The van der Waals surface area contributed by atoms with Crippen LogP contribution in [0.4, 0.5) is 21.8 Å². The van der Waals surface area contributed by atoms with Crippen LogP contribution in [0.25, 0.3) is 0 Å². The Balaban J connectivity index is 1.42. The normalized spacial score (nSPS) is 14.2. The van der Waals surface area contributed by atoms with Crippen LogP contribution >= 0.6 is 0 Å². The number of aromatic nitrogens is 3. The van der Waals surface area contributed by atoms with Crippen molar-refractivity contribution >= 4 is 17.5 Å². The molecule has 144 valence electrons. The zero-order valence-corrected chi connectivity index (χ0v) is 15.8. The summed E-state index contributed by atoms with van der Waals surface area (Å²) >= 11 is 0. The third-order valence-corrected chi connectivity index (χ3v) is 4.81. The Hall–Kier alpha value is -3.22. The molecule has 0 bridgehead atoms. The first-order valence-corrected chi connectivity index (χ1v) is 9.42. The van der Waals surface area contributed by atoms with E-state index in [9.17, 15) is 4.39 Å². The van der Waals surface area contributed by atoms with Gasteiger partial charge in [0, 0.05) is 56.9 Å². The fourth-order valence-corrected chi connectivity index (χ4v) is 3.36. The molecule has 7 heteroatoms. The summed E-state index contributed by atoms with van der Waals surface area (Å²) in [5.41, 5.74) is 2.66. The second-order valence-corrected chi connectivity index (χ2v) is 6.83. The highest BCUT2D eigenvalue weighted by Gasteiger charge is 2.21. The summed E-state index contributed by atoms with van der Waals surface area (Å²) in [4.78, 5) is 17.6. The van der Waals surface area contributed by atoms with Gasteiger partial charge in [0.05, 0.1) is 5.69 Å². The molecule has 1 aliphatic heterocycles. The lowest BCUT2D eigenvalue weighted by atomic mass is 10.2. The molecule has 3 aromatic rings. The molecule has 0 aliphatic carbocycles. The first-order chi connectivity index (χ1) is 13.7. The molecular weight excluding hydrogens is 355 g/mol. The number of nitrogens with one attached hydrogen (secondary N) is 1. The van der Waals surface area contributed by atoms with Crippen LogP contribution in [0.3, 0.4) is 0 Å². The van der Waals surface area contributed by atoms with E-state index in [1.807, 2.05) is 43.5 Å². The van der Waals surface area contributed by atoms with E-state index >= 15 is 0 Å². The lowest BCUT2D eigenvalue weighted by Gasteiger charge is -2.37. The average Bonchev–Trinajstić information content (AvgIpc) is 2.73. The third kappa shape index (κ3) is 4.19. The number of hydrogen-bond acceptors (Lipinski definition) is 6. The van der Waals surface area contributed by atoms with Gasteiger partial charge >= 0.3 is 0 Å². The SMILES string of the molecule is Cc1cc(N2CCN(c3ccccc3F)CC2)nc(NCc2cccnc2)n1. The summed E-state index contributed by atoms with van der Waals surface area (Å²) in [6, 6.07) is 12.9. The van der Waals surface area contributed by atoms with Gasteiger partial charge in [-0.25, -0.2) is 9.37 Å². The topological polar surface area (TPSA) is 57.2 Å². The van der Waals surface area contributed by atoms with Crippen molar-refractivity contribution < 1.29 is 4.39 Å². The second-order valence-electron chi connectivity index (χ2n) is 6.83. The molecule has 0 atom stereocenters. The number of halogens is 1. The highest BCUT2D eigenvalue weighted by atomic mass is 19.1. The number of pyridine rings is 1. The number of benzene rings is 1. The molecule has 0 radical (unpaired) electrons. The minimum absolute atomic E-state index is 0.171. The standard InChI is InChI=1S/C21H23FN6/c1-16-13-20(26-21(25-16)24-15-17-5-4-8-23-14-17)28-11-9-27(10-12-28)19-7-3-2-6-18(19)22/h2-8,13-14H,9-12,15H2,1H3,(H,24,25,26). The molecular formula is C21H23FN6. The predicted molar refractivity (Wildman–Crippen MR) is 109 cm³/mol. The molecule has 6 nitrogen and oxygen atoms in total. The van der Waals surface area contributed by atoms with Crippen LogP contribution < -0.4 is 15.1 Å². The van der Waals surface area contributed by atoms with E-state index in [2.05, 4.69) is 30.1 Å². The number of piperazine rings is 1. The van der Waals surface area contributed by atoms with Crippen molar-refractivity contribution in [2.24, 2.45) is 0 Å². The third-order valence-electron chi connectivity index (χ3n) is 4.81. The summed E-state index contributed by atoms with van der Waals surface area (Å²) in [6.45, 7) is 5.67. The number of nitrogens with zero attached hydrogens (tertiary/aromatic N) is 5. The fraction of sp³-hybridized carbons (Fsp3) is 0.286. The number of aryl methyl sites for hydroxylation is 1. The van der Waals surface area contributed by atoms with Gasteiger partial charge in [-0.2, -0.15) is 4.98 Å². The maximum Gasteiger partial charge on any atom is 0.225 e. The number of rotatable bonds is 5. The molecule has 1 aromatic carbocycles. The molecule has 0 unspecified atom stereocenters. The minimum atomic E-state index is -0.171. The van der Waals surface area contributed by atoms with Gasteiger partial charge in [0.15, 0.2) is 0 Å². The Morgan fingerprint density at radius 1 is 1.00 bits per heavy atom. The van der Waals surface area contributed by atoms with E-state index in [0.29, 0.717) is 18.2 Å². The van der Waals surface area contributed by atoms with Gasteiger partial charge in [-0.15, -0.1) is 0 Å². The summed E-state index contributed by atoms with van der Waals surface area (Å²) in [5, 5.41) is 3.27. The molecule has 2 aromatic heterocycles. The first-order valence-electron chi connectivity index (χ1n) is 9.42. The largest absolute Gasteiger partial charge is 0.366 e. The van der Waals surface area contributed by atoms with Crippen molar-refractivity contribution in [2.45, 2.75) is 13.5 Å². The van der Waals surface area contributed by atoms with Crippen LogP contribution in [0, 0.1) is 12.7 Å². The number of anilines is 3. The monoisotopic (exact) mass is 378 g/mol. The highest BCUT2D eigenvalue weighted by molar-refractivity contribution is 5.51. The van der Waals surface area contributed by atoms with E-state index in [0.717, 1.165) is 43.3 Å². The van der Waals surface area contributed by atoms with Gasteiger partial charge < -0.3 is 15.1 Å². The van der Waals surface area contributed by atoms with Gasteiger partial charge in [0.25, 0.3) is 0 Å². The van der Waals surface area contributed by atoms with Crippen molar-refractivity contribution in [1.29, 1.82) is 0 Å². The number of para-hydroxylation sites is 1. The summed E-state index contributed by atoms with van der Waals surface area (Å²) in [7, 11) is 0. The van der Waals surface area contributed by atoms with Crippen molar-refractivity contribution in [2.75, 3.05) is 41.3 Å². The molecule has 1 saturated heterocycles. The molecule has 1 aliphatic rings. The van der Waals surface area contributed by atoms with Crippen molar-refractivity contribution in [3.8, 4) is 0 Å². The van der Waals surface area contributed by atoms with Gasteiger partial charge in [-0.1, -0.05) is 18.2 Å². The smallest absolute Gasteiger partial charge is 0.225 e. The first kappa shape index (κ1) is 18.2. The van der Waals surface area contributed by atoms with Crippen LogP contribution in [-0.4, -0.2) is 41.1 Å². The zero-order valence-electron chi connectivity index (χ0n) is 15.8. The molecule has 1 N–H and O–H groups in total. The molecule has 0 saturated carbocycles. The Kier molecular flexibility index (Phi) is 5.32. The van der Waals surface area contributed by atoms with Gasteiger partial charge in [-0.05, 0) is 30.7 Å². The van der Waals surface area contributed by atoms with E-state index in [1.54, 1.807) is 12.3 Å². The molecule has 0 spiro atoms. The lowest BCUT2D eigenvalue weighted by molar-refractivity contribution is 0.596. The van der Waals surface area contributed by atoms with E-state index in [4.69, 9.17) is 0 Å². The van der Waals surface area contributed by atoms with E-state index in [-0.39, 0.29) is 5.82 Å².